The molecule has 0 spiro atoms. The van der Waals surface area contributed by atoms with E-state index in [1.165, 1.54) is 7.11 Å². The Balaban J connectivity index is 2.53. The molecule has 0 aliphatic carbocycles. The van der Waals surface area contributed by atoms with E-state index in [4.69, 9.17) is 27.9 Å². The van der Waals surface area contributed by atoms with Gasteiger partial charge in [-0.3, -0.25) is 4.72 Å². The topological polar surface area (TPSA) is 55.4 Å². The zero-order valence-electron chi connectivity index (χ0n) is 13.4. The SMILES string of the molecule is COc1ccc(C(C)(C)C)cc1NS(=O)(=O)c1c(Cl)sc(Cl)c1Br. The zero-order chi connectivity index (χ0) is 18.3. The molecule has 2 rings (SSSR count). The molecule has 1 aromatic carbocycles. The maximum Gasteiger partial charge on any atom is 0.265 e. The van der Waals surface area contributed by atoms with Crippen LogP contribution >= 0.6 is 50.5 Å². The number of rotatable bonds is 4. The minimum Gasteiger partial charge on any atom is -0.495 e. The van der Waals surface area contributed by atoms with Crippen LogP contribution in [0.4, 0.5) is 5.69 Å². The lowest BCUT2D eigenvalue weighted by molar-refractivity contribution is 0.416. The molecule has 132 valence electrons. The molecule has 0 bridgehead atoms. The Morgan fingerprint density at radius 1 is 1.21 bits per heavy atom. The summed E-state index contributed by atoms with van der Waals surface area (Å²) in [4.78, 5) is -0.0811. The van der Waals surface area contributed by atoms with Crippen molar-refractivity contribution >= 4 is 66.2 Å². The van der Waals surface area contributed by atoms with Crippen molar-refractivity contribution in [1.29, 1.82) is 0 Å². The third-order valence-corrected chi connectivity index (χ3v) is 8.14. The summed E-state index contributed by atoms with van der Waals surface area (Å²) in [6, 6.07) is 5.39. The van der Waals surface area contributed by atoms with Crippen molar-refractivity contribution < 1.29 is 13.2 Å². The number of hydrogen-bond donors (Lipinski definition) is 1. The maximum atomic E-state index is 12.8. The Morgan fingerprint density at radius 2 is 1.83 bits per heavy atom. The molecule has 0 fully saturated rings. The van der Waals surface area contributed by atoms with E-state index in [1.54, 1.807) is 12.1 Å². The minimum atomic E-state index is -3.93. The largest absolute Gasteiger partial charge is 0.495 e. The zero-order valence-corrected chi connectivity index (χ0v) is 18.1. The van der Waals surface area contributed by atoms with Crippen LogP contribution in [0, 0.1) is 0 Å². The van der Waals surface area contributed by atoms with Crippen molar-refractivity contribution in [3.63, 3.8) is 0 Å². The molecule has 1 heterocycles. The smallest absolute Gasteiger partial charge is 0.265 e. The Bertz CT molecular complexity index is 874. The lowest BCUT2D eigenvalue weighted by atomic mass is 9.87. The van der Waals surface area contributed by atoms with Gasteiger partial charge in [-0.2, -0.15) is 0 Å². The van der Waals surface area contributed by atoms with Crippen LogP contribution in [0.2, 0.25) is 8.67 Å². The fourth-order valence-electron chi connectivity index (χ4n) is 2.02. The van der Waals surface area contributed by atoms with Crippen molar-refractivity contribution in [2.45, 2.75) is 31.1 Å². The minimum absolute atomic E-state index is 0.0811. The van der Waals surface area contributed by atoms with Crippen molar-refractivity contribution in [1.82, 2.24) is 0 Å². The van der Waals surface area contributed by atoms with E-state index in [1.807, 2.05) is 26.8 Å². The second kappa shape index (κ2) is 7.03. The van der Waals surface area contributed by atoms with Crippen molar-refractivity contribution in [3.8, 4) is 5.75 Å². The summed E-state index contributed by atoms with van der Waals surface area (Å²) in [6.45, 7) is 6.12. The fraction of sp³-hybridized carbons (Fsp3) is 0.333. The summed E-state index contributed by atoms with van der Waals surface area (Å²) in [5.41, 5.74) is 1.17. The van der Waals surface area contributed by atoms with E-state index in [9.17, 15) is 8.42 Å². The molecule has 0 atom stereocenters. The number of hydrogen-bond acceptors (Lipinski definition) is 4. The molecule has 0 aliphatic rings. The molecule has 4 nitrogen and oxygen atoms in total. The molecule has 0 radical (unpaired) electrons. The summed E-state index contributed by atoms with van der Waals surface area (Å²) in [5.74, 6) is 0.417. The van der Waals surface area contributed by atoms with E-state index in [2.05, 4.69) is 20.7 Å². The van der Waals surface area contributed by atoms with Gasteiger partial charge in [-0.05, 0) is 39.0 Å². The Kier molecular flexibility index (Phi) is 5.82. The quantitative estimate of drug-likeness (QED) is 0.600. The number of methoxy groups -OCH3 is 1. The normalized spacial score (nSPS) is 12.3. The molecule has 9 heteroatoms. The van der Waals surface area contributed by atoms with Crippen LogP contribution in [0.5, 0.6) is 5.75 Å². The molecule has 0 amide bonds. The van der Waals surface area contributed by atoms with E-state index >= 15 is 0 Å². The van der Waals surface area contributed by atoms with Crippen LogP contribution < -0.4 is 9.46 Å². The van der Waals surface area contributed by atoms with Crippen LogP contribution in [-0.4, -0.2) is 15.5 Å². The second-order valence-electron chi connectivity index (χ2n) is 6.06. The third-order valence-electron chi connectivity index (χ3n) is 3.31. The predicted molar refractivity (Wildman–Crippen MR) is 105 cm³/mol. The number of benzene rings is 1. The first kappa shape index (κ1) is 19.8. The van der Waals surface area contributed by atoms with Gasteiger partial charge in [-0.1, -0.05) is 50.0 Å². The summed E-state index contributed by atoms with van der Waals surface area (Å²) >= 11 is 16.1. The van der Waals surface area contributed by atoms with Crippen molar-refractivity contribution in [2.75, 3.05) is 11.8 Å². The van der Waals surface area contributed by atoms with Crippen molar-refractivity contribution in [2.24, 2.45) is 0 Å². The van der Waals surface area contributed by atoms with Gasteiger partial charge in [0.2, 0.25) is 0 Å². The van der Waals surface area contributed by atoms with Crippen LogP contribution in [0.1, 0.15) is 26.3 Å². The van der Waals surface area contributed by atoms with Gasteiger partial charge >= 0.3 is 0 Å². The van der Waals surface area contributed by atoms with Crippen LogP contribution in [0.3, 0.4) is 0 Å². The van der Waals surface area contributed by atoms with E-state index in [0.29, 0.717) is 11.4 Å². The summed E-state index contributed by atoms with van der Waals surface area (Å²) in [5, 5.41) is 0. The molecule has 1 aromatic heterocycles. The molecule has 2 aromatic rings. The van der Waals surface area contributed by atoms with Crippen LogP contribution in [0.25, 0.3) is 0 Å². The predicted octanol–water partition coefficient (Wildman–Crippen LogP) is 5.92. The average molecular weight is 473 g/mol. The monoisotopic (exact) mass is 471 g/mol. The van der Waals surface area contributed by atoms with Crippen molar-refractivity contribution in [3.05, 3.63) is 36.9 Å². The highest BCUT2D eigenvalue weighted by molar-refractivity contribution is 9.10. The molecule has 0 saturated heterocycles. The number of sulfonamides is 1. The average Bonchev–Trinajstić information content (AvgIpc) is 2.71. The first-order valence-electron chi connectivity index (χ1n) is 6.82. The summed E-state index contributed by atoms with van der Waals surface area (Å²) in [6.07, 6.45) is 0. The van der Waals surface area contributed by atoms with E-state index in [-0.39, 0.29) is 23.5 Å². The highest BCUT2D eigenvalue weighted by Gasteiger charge is 2.28. The molecule has 24 heavy (non-hydrogen) atoms. The maximum absolute atomic E-state index is 12.8. The highest BCUT2D eigenvalue weighted by Crippen LogP contribution is 2.44. The number of ether oxygens (including phenoxy) is 1. The van der Waals surface area contributed by atoms with Gasteiger partial charge in [-0.15, -0.1) is 11.3 Å². The molecular weight excluding hydrogens is 457 g/mol. The highest BCUT2D eigenvalue weighted by atomic mass is 79.9. The standard InChI is InChI=1S/C15H16BrCl2NO3S2/c1-15(2,3)8-5-6-10(22-4)9(7-8)19-24(20,21)12-11(16)13(17)23-14(12)18/h5-7,19H,1-4H3. The molecule has 0 saturated carbocycles. The third kappa shape index (κ3) is 4.02. The first-order chi connectivity index (χ1) is 11.0. The lowest BCUT2D eigenvalue weighted by Crippen LogP contribution is -2.16. The molecule has 0 unspecified atom stereocenters. The fourth-order valence-corrected chi connectivity index (χ4v) is 6.64. The number of thiophene rings is 1. The van der Waals surface area contributed by atoms with Crippen LogP contribution in [0.15, 0.2) is 27.6 Å². The van der Waals surface area contributed by atoms with Gasteiger partial charge < -0.3 is 4.74 Å². The van der Waals surface area contributed by atoms with E-state index in [0.717, 1.165) is 16.9 Å². The van der Waals surface area contributed by atoms with E-state index < -0.39 is 10.0 Å². The van der Waals surface area contributed by atoms with Gasteiger partial charge in [0.25, 0.3) is 10.0 Å². The molecule has 1 N–H and O–H groups in total. The van der Waals surface area contributed by atoms with Gasteiger partial charge in [0.05, 0.1) is 17.3 Å². The Labute approximate surface area is 164 Å². The molecule has 0 aliphatic heterocycles. The number of halogens is 3. The Morgan fingerprint density at radius 3 is 2.29 bits per heavy atom. The van der Waals surface area contributed by atoms with Gasteiger partial charge in [0.1, 0.15) is 19.3 Å². The second-order valence-corrected chi connectivity index (χ2v) is 10.7. The molecular formula is C15H16BrCl2NO3S2. The summed E-state index contributed by atoms with van der Waals surface area (Å²) in [7, 11) is -2.45. The number of nitrogens with one attached hydrogen (secondary N) is 1. The van der Waals surface area contributed by atoms with Gasteiger partial charge in [0, 0.05) is 0 Å². The van der Waals surface area contributed by atoms with Gasteiger partial charge in [-0.25, -0.2) is 8.42 Å². The van der Waals surface area contributed by atoms with Crippen LogP contribution in [-0.2, 0) is 15.4 Å². The van der Waals surface area contributed by atoms with Gasteiger partial charge in [0.15, 0.2) is 0 Å². The Hall–Kier alpha value is -0.470. The number of anilines is 1. The lowest BCUT2D eigenvalue weighted by Gasteiger charge is -2.21. The first-order valence-corrected chi connectivity index (χ1v) is 10.7. The summed E-state index contributed by atoms with van der Waals surface area (Å²) < 4.78 is 33.9.